The molecule has 15 heavy (non-hydrogen) atoms. The Hall–Kier alpha value is -0.980. The highest BCUT2D eigenvalue weighted by molar-refractivity contribution is 5.60. The van der Waals surface area contributed by atoms with Crippen LogP contribution in [0.2, 0.25) is 0 Å². The van der Waals surface area contributed by atoms with E-state index in [0.717, 1.165) is 5.69 Å². The molecule has 0 atom stereocenters. The summed E-state index contributed by atoms with van der Waals surface area (Å²) >= 11 is 0. The van der Waals surface area contributed by atoms with E-state index in [9.17, 15) is 0 Å². The van der Waals surface area contributed by atoms with Crippen LogP contribution in [0.3, 0.4) is 0 Å². The first-order valence-electron chi connectivity index (χ1n) is 6.15. The molecule has 3 aliphatic carbocycles. The minimum atomic E-state index is 0.534. The first-order chi connectivity index (χ1) is 7.28. The molecule has 2 saturated carbocycles. The van der Waals surface area contributed by atoms with E-state index in [1.54, 1.807) is 11.1 Å². The number of fused-ring (bicyclic) bond motifs is 3. The molecule has 0 unspecified atom stereocenters. The highest BCUT2D eigenvalue weighted by Crippen LogP contribution is 2.75. The van der Waals surface area contributed by atoms with Gasteiger partial charge in [0.2, 0.25) is 0 Å². The van der Waals surface area contributed by atoms with Crippen molar-refractivity contribution in [1.82, 2.24) is 0 Å². The smallest absolute Gasteiger partial charge is 0.0355 e. The number of hydrogen-bond acceptors (Lipinski definition) is 1. The molecule has 2 spiro atoms. The van der Waals surface area contributed by atoms with Crippen molar-refractivity contribution in [2.24, 2.45) is 5.41 Å². The zero-order chi connectivity index (χ0) is 10.1. The van der Waals surface area contributed by atoms with Gasteiger partial charge >= 0.3 is 0 Å². The fourth-order valence-electron chi connectivity index (χ4n) is 4.08. The molecule has 78 valence electrons. The summed E-state index contributed by atoms with van der Waals surface area (Å²) in [5.74, 6) is 0. The summed E-state index contributed by atoms with van der Waals surface area (Å²) in [6, 6.07) is 6.51. The fourth-order valence-corrected chi connectivity index (χ4v) is 4.08. The Morgan fingerprint density at radius 1 is 1.00 bits per heavy atom. The van der Waals surface area contributed by atoms with Crippen LogP contribution in [-0.4, -0.2) is 0 Å². The molecule has 2 N–H and O–H groups in total. The van der Waals surface area contributed by atoms with Gasteiger partial charge in [-0.05, 0) is 61.1 Å². The number of nitrogen functional groups attached to an aromatic ring is 1. The molecule has 0 aliphatic heterocycles. The van der Waals surface area contributed by atoms with Crippen LogP contribution in [-0.2, 0) is 11.8 Å². The maximum absolute atomic E-state index is 6.21. The van der Waals surface area contributed by atoms with Gasteiger partial charge in [-0.15, -0.1) is 0 Å². The van der Waals surface area contributed by atoms with Crippen LogP contribution in [0.1, 0.15) is 43.2 Å². The van der Waals surface area contributed by atoms with E-state index in [1.165, 1.54) is 38.5 Å². The Kier molecular flexibility index (Phi) is 1.22. The predicted molar refractivity (Wildman–Crippen MR) is 61.8 cm³/mol. The molecule has 0 radical (unpaired) electrons. The van der Waals surface area contributed by atoms with Crippen LogP contribution < -0.4 is 5.73 Å². The van der Waals surface area contributed by atoms with Gasteiger partial charge in [0.1, 0.15) is 0 Å². The number of nitrogens with two attached hydrogens (primary N) is 1. The van der Waals surface area contributed by atoms with E-state index in [4.69, 9.17) is 5.73 Å². The average Bonchev–Trinajstić information content (AvgIpc) is 3.08. The van der Waals surface area contributed by atoms with Crippen molar-refractivity contribution in [3.05, 3.63) is 29.3 Å². The Labute approximate surface area is 90.7 Å². The van der Waals surface area contributed by atoms with Gasteiger partial charge < -0.3 is 5.73 Å². The second kappa shape index (κ2) is 2.23. The predicted octanol–water partition coefficient (Wildman–Crippen LogP) is 3.03. The molecule has 0 heterocycles. The van der Waals surface area contributed by atoms with Gasteiger partial charge in [0.05, 0.1) is 0 Å². The minimum absolute atomic E-state index is 0.534. The van der Waals surface area contributed by atoms with Crippen molar-refractivity contribution in [3.8, 4) is 0 Å². The third kappa shape index (κ3) is 0.816. The van der Waals surface area contributed by atoms with Crippen molar-refractivity contribution in [3.63, 3.8) is 0 Å². The molecular formula is C14H17N. The van der Waals surface area contributed by atoms with Crippen LogP contribution >= 0.6 is 0 Å². The molecule has 3 aliphatic rings. The lowest BCUT2D eigenvalue weighted by Gasteiger charge is -2.35. The maximum atomic E-state index is 6.21. The highest BCUT2D eigenvalue weighted by Gasteiger charge is 2.67. The molecule has 0 amide bonds. The zero-order valence-electron chi connectivity index (χ0n) is 9.05. The lowest BCUT2D eigenvalue weighted by Crippen LogP contribution is -2.29. The van der Waals surface area contributed by atoms with Crippen molar-refractivity contribution in [2.45, 2.75) is 43.9 Å². The number of anilines is 1. The van der Waals surface area contributed by atoms with E-state index in [0.29, 0.717) is 10.8 Å². The molecule has 1 aromatic rings. The van der Waals surface area contributed by atoms with Crippen molar-refractivity contribution < 1.29 is 0 Å². The number of hydrogen-bond donors (Lipinski definition) is 1. The first kappa shape index (κ1) is 8.20. The third-order valence-electron chi connectivity index (χ3n) is 5.15. The van der Waals surface area contributed by atoms with Crippen molar-refractivity contribution >= 4 is 5.69 Å². The second-order valence-electron chi connectivity index (χ2n) is 5.74. The summed E-state index contributed by atoms with van der Waals surface area (Å²) < 4.78 is 0. The van der Waals surface area contributed by atoms with Gasteiger partial charge in [-0.25, -0.2) is 0 Å². The van der Waals surface area contributed by atoms with Gasteiger partial charge in [0, 0.05) is 11.1 Å². The molecule has 1 nitrogen and oxygen atoms in total. The van der Waals surface area contributed by atoms with Gasteiger partial charge in [-0.3, -0.25) is 0 Å². The Bertz CT molecular complexity index is 439. The summed E-state index contributed by atoms with van der Waals surface area (Å²) in [5, 5.41) is 0. The van der Waals surface area contributed by atoms with Gasteiger partial charge in [0.25, 0.3) is 0 Å². The molecule has 2 fully saturated rings. The van der Waals surface area contributed by atoms with Crippen molar-refractivity contribution in [2.75, 3.05) is 5.73 Å². The Balaban J connectivity index is 1.97. The minimum Gasteiger partial charge on any atom is -0.398 e. The largest absolute Gasteiger partial charge is 0.398 e. The summed E-state index contributed by atoms with van der Waals surface area (Å²) in [6.07, 6.45) is 8.40. The number of benzene rings is 1. The van der Waals surface area contributed by atoms with E-state index >= 15 is 0 Å². The van der Waals surface area contributed by atoms with E-state index in [-0.39, 0.29) is 0 Å². The molecule has 0 aromatic heterocycles. The summed E-state index contributed by atoms with van der Waals surface area (Å²) in [7, 11) is 0. The number of aryl methyl sites for hydroxylation is 1. The summed E-state index contributed by atoms with van der Waals surface area (Å²) in [5.41, 5.74) is 11.6. The average molecular weight is 199 g/mol. The molecular weight excluding hydrogens is 182 g/mol. The Morgan fingerprint density at radius 2 is 1.80 bits per heavy atom. The van der Waals surface area contributed by atoms with Crippen LogP contribution in [0.5, 0.6) is 0 Å². The second-order valence-corrected chi connectivity index (χ2v) is 5.74. The first-order valence-corrected chi connectivity index (χ1v) is 6.15. The lowest BCUT2D eigenvalue weighted by molar-refractivity contribution is 0.328. The highest BCUT2D eigenvalue weighted by atomic mass is 14.7. The number of rotatable bonds is 0. The zero-order valence-corrected chi connectivity index (χ0v) is 9.05. The maximum Gasteiger partial charge on any atom is 0.0355 e. The standard InChI is InChI=1S/C14H17N/c15-11-3-1-2-10-4-5-13(6-7-13)14(8-9-14)12(10)11/h1-3H,4-9,15H2. The van der Waals surface area contributed by atoms with E-state index < -0.39 is 0 Å². The van der Waals surface area contributed by atoms with Crippen LogP contribution in [0.25, 0.3) is 0 Å². The van der Waals surface area contributed by atoms with Crippen LogP contribution in [0, 0.1) is 5.41 Å². The van der Waals surface area contributed by atoms with E-state index in [2.05, 4.69) is 18.2 Å². The van der Waals surface area contributed by atoms with E-state index in [1.807, 2.05) is 0 Å². The third-order valence-corrected chi connectivity index (χ3v) is 5.15. The van der Waals surface area contributed by atoms with Gasteiger partial charge in [0.15, 0.2) is 0 Å². The fraction of sp³-hybridized carbons (Fsp3) is 0.571. The normalized spacial score (nSPS) is 27.7. The molecule has 0 saturated heterocycles. The quantitative estimate of drug-likeness (QED) is 0.639. The summed E-state index contributed by atoms with van der Waals surface area (Å²) in [4.78, 5) is 0. The SMILES string of the molecule is Nc1cccc2c1C1(CC1)C1(CC2)CC1. The topological polar surface area (TPSA) is 26.0 Å². The Morgan fingerprint density at radius 3 is 2.47 bits per heavy atom. The lowest BCUT2D eigenvalue weighted by atomic mass is 9.69. The van der Waals surface area contributed by atoms with Gasteiger partial charge in [-0.2, -0.15) is 0 Å². The van der Waals surface area contributed by atoms with Crippen molar-refractivity contribution in [1.29, 1.82) is 0 Å². The van der Waals surface area contributed by atoms with Gasteiger partial charge in [-0.1, -0.05) is 12.1 Å². The summed E-state index contributed by atoms with van der Waals surface area (Å²) in [6.45, 7) is 0. The monoisotopic (exact) mass is 199 g/mol. The molecule has 1 heteroatoms. The van der Waals surface area contributed by atoms with Crippen LogP contribution in [0.4, 0.5) is 5.69 Å². The molecule has 4 rings (SSSR count). The molecule has 0 bridgehead atoms. The molecule has 1 aromatic carbocycles. The van der Waals surface area contributed by atoms with Crippen LogP contribution in [0.15, 0.2) is 18.2 Å².